The first-order valence-electron chi connectivity index (χ1n) is 9.99. The van der Waals surface area contributed by atoms with Gasteiger partial charge in [0.1, 0.15) is 22.6 Å². The van der Waals surface area contributed by atoms with E-state index in [0.717, 1.165) is 0 Å². The maximum Gasteiger partial charge on any atom is 0.280 e. The number of nitrogens with zero attached hydrogens (tertiary/aromatic N) is 2. The van der Waals surface area contributed by atoms with Crippen LogP contribution in [0, 0.1) is 0 Å². The molecule has 0 spiro atoms. The number of rotatable bonds is 5. The van der Waals surface area contributed by atoms with E-state index in [0.29, 0.717) is 21.8 Å². The number of fused-ring (bicyclic) bond motifs is 2. The number of carbonyl (C=O) groups is 1. The molecule has 0 saturated heterocycles. The van der Waals surface area contributed by atoms with Crippen LogP contribution in [0.2, 0.25) is 0 Å². The smallest absolute Gasteiger partial charge is 0.280 e. The van der Waals surface area contributed by atoms with E-state index >= 15 is 0 Å². The van der Waals surface area contributed by atoms with Crippen LogP contribution in [-0.4, -0.2) is 31.4 Å². The lowest BCUT2D eigenvalue weighted by Gasteiger charge is -2.13. The number of aromatic hydroxyl groups is 2. The van der Waals surface area contributed by atoms with Gasteiger partial charge in [-0.05, 0) is 31.2 Å². The molecule has 9 nitrogen and oxygen atoms in total. The first-order chi connectivity index (χ1) is 15.8. The highest BCUT2D eigenvalue weighted by atomic mass is 16.3. The van der Waals surface area contributed by atoms with Gasteiger partial charge in [0.25, 0.3) is 17.0 Å². The van der Waals surface area contributed by atoms with E-state index in [1.807, 2.05) is 0 Å². The molecule has 0 saturated carbocycles. The number of carbonyl (C=O) groups excluding carboxylic acids is 1. The maximum absolute atomic E-state index is 13.0. The van der Waals surface area contributed by atoms with Gasteiger partial charge in [0.15, 0.2) is 0 Å². The monoisotopic (exact) mass is 444 g/mol. The van der Waals surface area contributed by atoms with E-state index in [9.17, 15) is 24.6 Å². The van der Waals surface area contributed by atoms with Gasteiger partial charge in [-0.1, -0.05) is 30.3 Å². The number of benzene rings is 2. The number of para-hydroxylation sites is 2. The standard InChI is InChI=1S/C24H20N4O5/c1-3-12-28-17-11-7-5-9-15(17)21(30)19(24(28)33)23(32)27-26-13(2)18-20(29)14-8-4-6-10-16(14)25-22(18)31/h3-11,30H,1,12H2,2H3,(H,27,32)(H2,25,29,31)/b26-13+. The van der Waals surface area contributed by atoms with E-state index < -0.39 is 28.3 Å². The van der Waals surface area contributed by atoms with Crippen molar-refractivity contribution in [3.8, 4) is 11.5 Å². The van der Waals surface area contributed by atoms with Crippen molar-refractivity contribution in [2.24, 2.45) is 5.10 Å². The van der Waals surface area contributed by atoms with Gasteiger partial charge in [-0.15, -0.1) is 6.58 Å². The minimum absolute atomic E-state index is 0.0135. The lowest BCUT2D eigenvalue weighted by molar-refractivity contribution is 0.0950. The molecule has 0 fully saturated rings. The Morgan fingerprint density at radius 3 is 2.42 bits per heavy atom. The molecule has 2 aromatic heterocycles. The average molecular weight is 444 g/mol. The summed E-state index contributed by atoms with van der Waals surface area (Å²) in [5.74, 6) is -1.73. The van der Waals surface area contributed by atoms with Gasteiger partial charge in [0.2, 0.25) is 0 Å². The third-order valence-corrected chi connectivity index (χ3v) is 5.27. The molecule has 9 heteroatoms. The van der Waals surface area contributed by atoms with Crippen LogP contribution in [0.1, 0.15) is 22.8 Å². The van der Waals surface area contributed by atoms with Crippen molar-refractivity contribution in [1.82, 2.24) is 15.0 Å². The maximum atomic E-state index is 13.0. The SMILES string of the molecule is C=CCn1c(=O)c(C(=O)N/N=C(\C)c2c(O)c3ccccc3[nH]c2=O)c(O)c2ccccc21. The van der Waals surface area contributed by atoms with E-state index in [1.54, 1.807) is 48.5 Å². The molecular formula is C24H20N4O5. The molecule has 0 atom stereocenters. The number of aromatic amines is 1. The predicted molar refractivity (Wildman–Crippen MR) is 126 cm³/mol. The molecule has 2 aromatic carbocycles. The first-order valence-corrected chi connectivity index (χ1v) is 9.99. The Bertz CT molecular complexity index is 1580. The van der Waals surface area contributed by atoms with E-state index in [2.05, 4.69) is 22.1 Å². The normalized spacial score (nSPS) is 11.6. The summed E-state index contributed by atoms with van der Waals surface area (Å²) in [7, 11) is 0. The molecule has 33 heavy (non-hydrogen) atoms. The van der Waals surface area contributed by atoms with Gasteiger partial charge in [0.05, 0.1) is 16.7 Å². The summed E-state index contributed by atoms with van der Waals surface area (Å²) in [5.41, 5.74) is 1.18. The van der Waals surface area contributed by atoms with Crippen LogP contribution in [0.5, 0.6) is 11.5 Å². The number of H-pyrrole nitrogens is 1. The highest BCUT2D eigenvalue weighted by Gasteiger charge is 2.22. The molecule has 4 N–H and O–H groups in total. The summed E-state index contributed by atoms with van der Waals surface area (Å²) < 4.78 is 1.31. The molecule has 4 aromatic rings. The fourth-order valence-corrected chi connectivity index (χ4v) is 3.71. The summed E-state index contributed by atoms with van der Waals surface area (Å²) >= 11 is 0. The quantitative estimate of drug-likeness (QED) is 0.213. The molecule has 0 aliphatic carbocycles. The largest absolute Gasteiger partial charge is 0.506 e. The van der Waals surface area contributed by atoms with Crippen molar-refractivity contribution >= 4 is 33.4 Å². The van der Waals surface area contributed by atoms with Crippen LogP contribution in [-0.2, 0) is 6.54 Å². The molecule has 0 radical (unpaired) electrons. The van der Waals surface area contributed by atoms with Gasteiger partial charge in [-0.25, -0.2) is 5.43 Å². The molecule has 0 unspecified atom stereocenters. The molecule has 0 bridgehead atoms. The zero-order chi connectivity index (χ0) is 23.7. The number of aromatic nitrogens is 2. The topological polar surface area (TPSA) is 137 Å². The summed E-state index contributed by atoms with van der Waals surface area (Å²) in [5, 5.41) is 25.8. The fourth-order valence-electron chi connectivity index (χ4n) is 3.71. The van der Waals surface area contributed by atoms with Crippen molar-refractivity contribution < 1.29 is 15.0 Å². The summed E-state index contributed by atoms with van der Waals surface area (Å²) in [6.45, 7) is 5.18. The Kier molecular flexibility index (Phi) is 5.53. The number of allylic oxidation sites excluding steroid dienone is 1. The molecule has 0 aliphatic heterocycles. The van der Waals surface area contributed by atoms with Crippen LogP contribution < -0.4 is 16.5 Å². The average Bonchev–Trinajstić information content (AvgIpc) is 2.80. The molecule has 4 rings (SSSR count). The number of hydrogen-bond donors (Lipinski definition) is 4. The number of hydrogen-bond acceptors (Lipinski definition) is 6. The fraction of sp³-hybridized carbons (Fsp3) is 0.0833. The second-order valence-electron chi connectivity index (χ2n) is 7.31. The molecule has 1 amide bonds. The molecular weight excluding hydrogens is 424 g/mol. The van der Waals surface area contributed by atoms with Crippen LogP contribution in [0.25, 0.3) is 21.8 Å². The molecule has 2 heterocycles. The minimum atomic E-state index is -0.961. The highest BCUT2D eigenvalue weighted by Crippen LogP contribution is 2.27. The lowest BCUT2D eigenvalue weighted by atomic mass is 10.1. The van der Waals surface area contributed by atoms with Crippen molar-refractivity contribution in [2.75, 3.05) is 0 Å². The molecule has 166 valence electrons. The Morgan fingerprint density at radius 2 is 1.70 bits per heavy atom. The second-order valence-corrected chi connectivity index (χ2v) is 7.31. The van der Waals surface area contributed by atoms with Crippen LogP contribution >= 0.6 is 0 Å². The zero-order valence-electron chi connectivity index (χ0n) is 17.6. The predicted octanol–water partition coefficient (Wildman–Crippen LogP) is 2.59. The first kappa shape index (κ1) is 21.6. The van der Waals surface area contributed by atoms with Gasteiger partial charge >= 0.3 is 0 Å². The zero-order valence-corrected chi connectivity index (χ0v) is 17.6. The van der Waals surface area contributed by atoms with Crippen molar-refractivity contribution in [3.05, 3.63) is 93.0 Å². The van der Waals surface area contributed by atoms with E-state index in [1.165, 1.54) is 17.6 Å². The summed E-state index contributed by atoms with van der Waals surface area (Å²) in [6.07, 6.45) is 1.50. The van der Waals surface area contributed by atoms with Gasteiger partial charge in [-0.2, -0.15) is 5.10 Å². The third kappa shape index (κ3) is 3.65. The number of hydrazone groups is 1. The van der Waals surface area contributed by atoms with Crippen molar-refractivity contribution in [1.29, 1.82) is 0 Å². The Labute approximate surface area is 186 Å². The van der Waals surface area contributed by atoms with Crippen LogP contribution in [0.4, 0.5) is 0 Å². The van der Waals surface area contributed by atoms with Crippen molar-refractivity contribution in [3.63, 3.8) is 0 Å². The lowest BCUT2D eigenvalue weighted by Crippen LogP contribution is -2.32. The number of amides is 1. The van der Waals surface area contributed by atoms with Gasteiger partial charge in [-0.3, -0.25) is 14.4 Å². The van der Waals surface area contributed by atoms with Gasteiger partial charge in [0, 0.05) is 17.3 Å². The Hall–Kier alpha value is -4.66. The number of nitrogens with one attached hydrogen (secondary N) is 2. The number of pyridine rings is 2. The highest BCUT2D eigenvalue weighted by molar-refractivity contribution is 6.07. The minimum Gasteiger partial charge on any atom is -0.506 e. The van der Waals surface area contributed by atoms with Crippen molar-refractivity contribution in [2.45, 2.75) is 13.5 Å². The molecule has 0 aliphatic rings. The third-order valence-electron chi connectivity index (χ3n) is 5.27. The summed E-state index contributed by atoms with van der Waals surface area (Å²) in [4.78, 5) is 40.9. The Morgan fingerprint density at radius 1 is 1.06 bits per heavy atom. The second kappa shape index (κ2) is 8.46. The van der Waals surface area contributed by atoms with E-state index in [-0.39, 0.29) is 23.6 Å². The van der Waals surface area contributed by atoms with Crippen LogP contribution in [0.3, 0.4) is 0 Å². The van der Waals surface area contributed by atoms with E-state index in [4.69, 9.17) is 0 Å². The van der Waals surface area contributed by atoms with Gasteiger partial charge < -0.3 is 19.8 Å². The van der Waals surface area contributed by atoms with Crippen LogP contribution in [0.15, 0.2) is 75.9 Å². The summed E-state index contributed by atoms with van der Waals surface area (Å²) in [6, 6.07) is 13.3. The Balaban J connectivity index is 1.77.